The molecule has 0 aliphatic rings. The van der Waals surface area contributed by atoms with E-state index in [1.54, 1.807) is 7.11 Å². The van der Waals surface area contributed by atoms with Crippen LogP contribution in [0.3, 0.4) is 0 Å². The van der Waals surface area contributed by atoms with Crippen molar-refractivity contribution in [3.63, 3.8) is 0 Å². The van der Waals surface area contributed by atoms with E-state index in [9.17, 15) is 0 Å². The Morgan fingerprint density at radius 1 is 1.00 bits per heavy atom. The maximum Gasteiger partial charge on any atom is 0.119 e. The predicted molar refractivity (Wildman–Crippen MR) is 90.1 cm³/mol. The van der Waals surface area contributed by atoms with Crippen LogP contribution in [-0.2, 0) is 11.3 Å². The highest BCUT2D eigenvalue weighted by Gasteiger charge is 2.08. The number of rotatable bonds is 9. The highest BCUT2D eigenvalue weighted by Crippen LogP contribution is 2.18. The van der Waals surface area contributed by atoms with Crippen LogP contribution >= 0.6 is 0 Å². The zero-order chi connectivity index (χ0) is 15.6. The van der Waals surface area contributed by atoms with Gasteiger partial charge in [-0.25, -0.2) is 0 Å². The topological polar surface area (TPSA) is 30.5 Å². The molecule has 0 aliphatic heterocycles. The van der Waals surface area contributed by atoms with Gasteiger partial charge >= 0.3 is 0 Å². The molecule has 0 saturated carbocycles. The molecule has 2 aromatic carbocycles. The minimum absolute atomic E-state index is 0.374. The first-order valence-corrected chi connectivity index (χ1v) is 7.82. The van der Waals surface area contributed by atoms with Crippen LogP contribution in [-0.4, -0.2) is 20.3 Å². The molecule has 3 heteroatoms. The summed E-state index contributed by atoms with van der Waals surface area (Å²) in [5.74, 6) is 0.893. The van der Waals surface area contributed by atoms with Crippen LogP contribution in [0.5, 0.6) is 5.75 Å². The van der Waals surface area contributed by atoms with Crippen LogP contribution in [0.2, 0.25) is 0 Å². The molecule has 1 atom stereocenters. The average Bonchev–Trinajstić information content (AvgIpc) is 2.57. The maximum absolute atomic E-state index is 5.65. The van der Waals surface area contributed by atoms with E-state index in [1.165, 1.54) is 11.1 Å². The molecule has 0 saturated heterocycles. The highest BCUT2D eigenvalue weighted by molar-refractivity contribution is 5.28. The summed E-state index contributed by atoms with van der Waals surface area (Å²) in [5, 5.41) is 3.62. The third-order valence-corrected chi connectivity index (χ3v) is 3.62. The second-order valence-electron chi connectivity index (χ2n) is 5.24. The lowest BCUT2D eigenvalue weighted by molar-refractivity contribution is 0.146. The summed E-state index contributed by atoms with van der Waals surface area (Å²) in [6.07, 6.45) is 1.06. The molecular weight excluding hydrogens is 274 g/mol. The third kappa shape index (κ3) is 5.17. The number of hydrogen-bond donors (Lipinski definition) is 1. The van der Waals surface area contributed by atoms with Crippen molar-refractivity contribution in [2.24, 2.45) is 0 Å². The minimum atomic E-state index is 0.374. The first-order valence-electron chi connectivity index (χ1n) is 7.82. The Labute approximate surface area is 133 Å². The molecule has 22 heavy (non-hydrogen) atoms. The van der Waals surface area contributed by atoms with Gasteiger partial charge in [0.15, 0.2) is 0 Å². The van der Waals surface area contributed by atoms with E-state index in [1.807, 2.05) is 12.1 Å². The molecule has 0 spiro atoms. The lowest BCUT2D eigenvalue weighted by atomic mass is 10.0. The van der Waals surface area contributed by atoms with Crippen molar-refractivity contribution in [1.82, 2.24) is 5.32 Å². The van der Waals surface area contributed by atoms with Crippen molar-refractivity contribution in [1.29, 1.82) is 0 Å². The quantitative estimate of drug-likeness (QED) is 0.711. The summed E-state index contributed by atoms with van der Waals surface area (Å²) in [6, 6.07) is 19.2. The van der Waals surface area contributed by atoms with Gasteiger partial charge in [-0.3, -0.25) is 0 Å². The summed E-state index contributed by atoms with van der Waals surface area (Å²) in [4.78, 5) is 0. The first-order chi connectivity index (χ1) is 10.8. The molecule has 0 fully saturated rings. The molecular formula is C19H25NO2. The zero-order valence-corrected chi connectivity index (χ0v) is 13.4. The first kappa shape index (κ1) is 16.5. The summed E-state index contributed by atoms with van der Waals surface area (Å²) >= 11 is 0. The van der Waals surface area contributed by atoms with Gasteiger partial charge in [0.25, 0.3) is 0 Å². The fraction of sp³-hybridized carbons (Fsp3) is 0.368. The summed E-state index contributed by atoms with van der Waals surface area (Å²) < 4.78 is 10.7. The van der Waals surface area contributed by atoms with Gasteiger partial charge in [-0.15, -0.1) is 0 Å². The van der Waals surface area contributed by atoms with Gasteiger partial charge in [0, 0.05) is 19.7 Å². The van der Waals surface area contributed by atoms with E-state index in [2.05, 4.69) is 54.7 Å². The molecule has 3 nitrogen and oxygen atoms in total. The molecule has 0 aliphatic carbocycles. The molecule has 118 valence electrons. The van der Waals surface area contributed by atoms with Crippen LogP contribution < -0.4 is 10.1 Å². The van der Waals surface area contributed by atoms with E-state index in [-0.39, 0.29) is 0 Å². The van der Waals surface area contributed by atoms with Crippen LogP contribution in [0.1, 0.15) is 30.5 Å². The molecule has 1 N–H and O–H groups in total. The van der Waals surface area contributed by atoms with Crippen molar-refractivity contribution in [2.75, 3.05) is 20.3 Å². The maximum atomic E-state index is 5.65. The largest absolute Gasteiger partial charge is 0.491 e. The number of benzene rings is 2. The van der Waals surface area contributed by atoms with Gasteiger partial charge in [0.2, 0.25) is 0 Å². The standard InChI is InChI=1S/C19H25NO2/c1-3-19(17-9-5-4-6-10-17)20-15-16-8-7-11-18(14-16)22-13-12-21-2/h4-11,14,19-20H,3,12-13,15H2,1-2H3. The van der Waals surface area contributed by atoms with E-state index < -0.39 is 0 Å². The predicted octanol–water partition coefficient (Wildman–Crippen LogP) is 3.95. The lowest BCUT2D eigenvalue weighted by Crippen LogP contribution is -2.20. The Balaban J connectivity index is 1.91. The average molecular weight is 299 g/mol. The van der Waals surface area contributed by atoms with Gasteiger partial charge in [-0.1, -0.05) is 49.4 Å². The van der Waals surface area contributed by atoms with Gasteiger partial charge < -0.3 is 14.8 Å². The van der Waals surface area contributed by atoms with Crippen molar-refractivity contribution in [3.05, 3.63) is 65.7 Å². The Bertz CT molecular complexity index is 542. The van der Waals surface area contributed by atoms with Crippen molar-refractivity contribution >= 4 is 0 Å². The minimum Gasteiger partial charge on any atom is -0.491 e. The Hall–Kier alpha value is -1.84. The van der Waals surface area contributed by atoms with Crippen LogP contribution in [0, 0.1) is 0 Å². The van der Waals surface area contributed by atoms with Crippen molar-refractivity contribution in [2.45, 2.75) is 25.9 Å². The summed E-state index contributed by atoms with van der Waals surface area (Å²) in [5.41, 5.74) is 2.56. The van der Waals surface area contributed by atoms with E-state index in [0.29, 0.717) is 19.3 Å². The second-order valence-corrected chi connectivity index (χ2v) is 5.24. The highest BCUT2D eigenvalue weighted by atomic mass is 16.5. The van der Waals surface area contributed by atoms with Crippen LogP contribution in [0.15, 0.2) is 54.6 Å². The van der Waals surface area contributed by atoms with E-state index in [0.717, 1.165) is 18.7 Å². The molecule has 0 amide bonds. The van der Waals surface area contributed by atoms with E-state index >= 15 is 0 Å². The Morgan fingerprint density at radius 2 is 1.82 bits per heavy atom. The number of methoxy groups -OCH3 is 1. The van der Waals surface area contributed by atoms with Gasteiger partial charge in [-0.05, 0) is 29.7 Å². The molecule has 0 bridgehead atoms. The van der Waals surface area contributed by atoms with Crippen LogP contribution in [0.4, 0.5) is 0 Å². The van der Waals surface area contributed by atoms with Gasteiger partial charge in [-0.2, -0.15) is 0 Å². The van der Waals surface area contributed by atoms with Gasteiger partial charge in [0.1, 0.15) is 12.4 Å². The monoisotopic (exact) mass is 299 g/mol. The molecule has 1 unspecified atom stereocenters. The lowest BCUT2D eigenvalue weighted by Gasteiger charge is -2.18. The van der Waals surface area contributed by atoms with Gasteiger partial charge in [0.05, 0.1) is 6.61 Å². The number of hydrogen-bond acceptors (Lipinski definition) is 3. The molecule has 0 heterocycles. The van der Waals surface area contributed by atoms with E-state index in [4.69, 9.17) is 9.47 Å². The SMILES string of the molecule is CCC(NCc1cccc(OCCOC)c1)c1ccccc1. The molecule has 2 rings (SSSR count). The normalized spacial score (nSPS) is 12.1. The smallest absolute Gasteiger partial charge is 0.119 e. The zero-order valence-electron chi connectivity index (χ0n) is 13.4. The second kappa shape index (κ2) is 9.23. The summed E-state index contributed by atoms with van der Waals surface area (Å²) in [6.45, 7) is 4.22. The third-order valence-electron chi connectivity index (χ3n) is 3.62. The fourth-order valence-electron chi connectivity index (χ4n) is 2.41. The molecule has 0 radical (unpaired) electrons. The summed E-state index contributed by atoms with van der Waals surface area (Å²) in [7, 11) is 1.68. The van der Waals surface area contributed by atoms with Crippen molar-refractivity contribution < 1.29 is 9.47 Å². The fourth-order valence-corrected chi connectivity index (χ4v) is 2.41. The molecule has 0 aromatic heterocycles. The Kier molecular flexibility index (Phi) is 6.94. The number of ether oxygens (including phenoxy) is 2. The van der Waals surface area contributed by atoms with Crippen molar-refractivity contribution in [3.8, 4) is 5.75 Å². The Morgan fingerprint density at radius 3 is 2.55 bits per heavy atom. The molecule has 2 aromatic rings. The van der Waals surface area contributed by atoms with Crippen LogP contribution in [0.25, 0.3) is 0 Å². The number of nitrogens with one attached hydrogen (secondary N) is 1.